The van der Waals surface area contributed by atoms with Gasteiger partial charge in [0, 0.05) is 26.7 Å². The van der Waals surface area contributed by atoms with Crippen molar-refractivity contribution in [3.63, 3.8) is 0 Å². The van der Waals surface area contributed by atoms with E-state index in [9.17, 15) is 14.4 Å². The highest BCUT2D eigenvalue weighted by Crippen LogP contribution is 2.25. The number of amides is 4. The first kappa shape index (κ1) is 14.7. The molecule has 2 rings (SSSR count). The zero-order chi connectivity index (χ0) is 14.6. The van der Waals surface area contributed by atoms with E-state index < -0.39 is 11.6 Å². The fourth-order valence-corrected chi connectivity index (χ4v) is 2.50. The minimum absolute atomic E-state index is 0.000634. The van der Waals surface area contributed by atoms with E-state index in [1.54, 1.807) is 12.0 Å². The van der Waals surface area contributed by atoms with Gasteiger partial charge in [-0.1, -0.05) is 0 Å². The second-order valence-corrected chi connectivity index (χ2v) is 5.04. The normalized spacial score (nSPS) is 20.9. The van der Waals surface area contributed by atoms with Gasteiger partial charge in [0.1, 0.15) is 5.54 Å². The predicted molar refractivity (Wildman–Crippen MR) is 70.0 cm³/mol. The van der Waals surface area contributed by atoms with Crippen LogP contribution in [0.4, 0.5) is 4.79 Å². The molecule has 112 valence electrons. The lowest BCUT2D eigenvalue weighted by Gasteiger charge is -2.37. The first-order chi connectivity index (χ1) is 9.57. The Morgan fingerprint density at radius 2 is 2.10 bits per heavy atom. The number of rotatable bonds is 5. The molecule has 0 unspecified atom stereocenters. The van der Waals surface area contributed by atoms with Gasteiger partial charge in [-0.05, 0) is 12.8 Å². The summed E-state index contributed by atoms with van der Waals surface area (Å²) < 4.78 is 4.88. The molecule has 2 aliphatic heterocycles. The number of nitrogens with zero attached hydrogens (tertiary/aromatic N) is 1. The molecule has 2 aliphatic rings. The zero-order valence-corrected chi connectivity index (χ0v) is 11.5. The first-order valence-electron chi connectivity index (χ1n) is 6.68. The van der Waals surface area contributed by atoms with Gasteiger partial charge in [0.05, 0.1) is 13.2 Å². The van der Waals surface area contributed by atoms with Crippen LogP contribution in [0, 0.1) is 0 Å². The van der Waals surface area contributed by atoms with Crippen molar-refractivity contribution >= 4 is 17.8 Å². The van der Waals surface area contributed by atoms with Gasteiger partial charge in [0.15, 0.2) is 0 Å². The van der Waals surface area contributed by atoms with E-state index in [4.69, 9.17) is 4.74 Å². The van der Waals surface area contributed by atoms with Gasteiger partial charge in [-0.2, -0.15) is 0 Å². The number of nitrogens with one attached hydrogen (secondary N) is 3. The van der Waals surface area contributed by atoms with Crippen molar-refractivity contribution in [2.75, 3.05) is 39.9 Å². The summed E-state index contributed by atoms with van der Waals surface area (Å²) >= 11 is 0. The Morgan fingerprint density at radius 1 is 1.40 bits per heavy atom. The van der Waals surface area contributed by atoms with Crippen LogP contribution in [0.1, 0.15) is 12.8 Å². The van der Waals surface area contributed by atoms with Crippen molar-refractivity contribution in [2.24, 2.45) is 0 Å². The van der Waals surface area contributed by atoms with Gasteiger partial charge in [-0.25, -0.2) is 4.79 Å². The lowest BCUT2D eigenvalue weighted by Crippen LogP contribution is -2.56. The van der Waals surface area contributed by atoms with Crippen molar-refractivity contribution in [1.82, 2.24) is 20.9 Å². The average molecular weight is 284 g/mol. The van der Waals surface area contributed by atoms with Gasteiger partial charge < -0.3 is 20.3 Å². The van der Waals surface area contributed by atoms with Crippen LogP contribution in [0.2, 0.25) is 0 Å². The third kappa shape index (κ3) is 3.07. The molecule has 3 N–H and O–H groups in total. The van der Waals surface area contributed by atoms with Crippen molar-refractivity contribution in [1.29, 1.82) is 0 Å². The van der Waals surface area contributed by atoms with Gasteiger partial charge in [0.25, 0.3) is 5.91 Å². The van der Waals surface area contributed by atoms with E-state index in [0.29, 0.717) is 39.1 Å². The van der Waals surface area contributed by atoms with E-state index in [1.807, 2.05) is 0 Å². The topological polar surface area (TPSA) is 99.8 Å². The van der Waals surface area contributed by atoms with Crippen molar-refractivity contribution in [3.8, 4) is 0 Å². The second kappa shape index (κ2) is 6.19. The van der Waals surface area contributed by atoms with E-state index in [2.05, 4.69) is 16.0 Å². The second-order valence-electron chi connectivity index (χ2n) is 5.04. The molecule has 8 nitrogen and oxygen atoms in total. The number of imide groups is 1. The maximum atomic E-state index is 11.9. The number of hydrogen-bond donors (Lipinski definition) is 3. The molecular formula is C12H20N4O4. The molecule has 0 aromatic heterocycles. The van der Waals surface area contributed by atoms with Crippen LogP contribution >= 0.6 is 0 Å². The Hall–Kier alpha value is -1.67. The minimum atomic E-state index is -0.822. The number of ether oxygens (including phenoxy) is 1. The third-order valence-electron chi connectivity index (χ3n) is 3.74. The molecule has 2 saturated heterocycles. The van der Waals surface area contributed by atoms with Crippen LogP contribution in [0.15, 0.2) is 0 Å². The van der Waals surface area contributed by atoms with Gasteiger partial charge in [0.2, 0.25) is 5.91 Å². The van der Waals surface area contributed by atoms with Crippen molar-refractivity contribution < 1.29 is 19.1 Å². The summed E-state index contributed by atoms with van der Waals surface area (Å²) in [6.07, 6.45) is 0.906. The molecule has 0 atom stereocenters. The predicted octanol–water partition coefficient (Wildman–Crippen LogP) is -1.58. The molecule has 0 aromatic rings. The van der Waals surface area contributed by atoms with Gasteiger partial charge in [-0.15, -0.1) is 0 Å². The van der Waals surface area contributed by atoms with E-state index >= 15 is 0 Å². The summed E-state index contributed by atoms with van der Waals surface area (Å²) in [7, 11) is 1.61. The lowest BCUT2D eigenvalue weighted by atomic mass is 9.88. The number of piperidine rings is 1. The number of carbonyl (C=O) groups is 3. The smallest absolute Gasteiger partial charge is 0.322 e. The monoisotopic (exact) mass is 284 g/mol. The maximum Gasteiger partial charge on any atom is 0.322 e. The highest BCUT2D eigenvalue weighted by atomic mass is 16.5. The number of likely N-dealkylation sites (tertiary alicyclic amines) is 1. The fourth-order valence-electron chi connectivity index (χ4n) is 2.50. The maximum absolute atomic E-state index is 11.9. The lowest BCUT2D eigenvalue weighted by molar-refractivity contribution is -0.135. The molecular weight excluding hydrogens is 264 g/mol. The molecule has 4 amide bonds. The van der Waals surface area contributed by atoms with Crippen LogP contribution in [0.3, 0.4) is 0 Å². The molecule has 0 saturated carbocycles. The summed E-state index contributed by atoms with van der Waals surface area (Å²) in [4.78, 5) is 36.6. The molecule has 0 bridgehead atoms. The number of carbonyl (C=O) groups excluding carboxylic acids is 3. The Morgan fingerprint density at radius 3 is 2.65 bits per heavy atom. The number of urea groups is 1. The summed E-state index contributed by atoms with van der Waals surface area (Å²) in [5.41, 5.74) is -0.822. The fraction of sp³-hybridized carbons (Fsp3) is 0.750. The SMILES string of the molecule is COCCNCC(=O)N1CCC2(CC1)NC(=O)NC2=O. The molecule has 1 spiro atoms. The highest BCUT2D eigenvalue weighted by Gasteiger charge is 2.48. The first-order valence-corrected chi connectivity index (χ1v) is 6.68. The Balaban J connectivity index is 1.78. The van der Waals surface area contributed by atoms with Gasteiger partial charge in [-0.3, -0.25) is 14.9 Å². The Bertz CT molecular complexity index is 404. The molecule has 8 heteroatoms. The van der Waals surface area contributed by atoms with Crippen LogP contribution < -0.4 is 16.0 Å². The Kier molecular flexibility index (Phi) is 4.56. The van der Waals surface area contributed by atoms with Crippen molar-refractivity contribution in [2.45, 2.75) is 18.4 Å². The quantitative estimate of drug-likeness (QED) is 0.418. The molecule has 0 aromatic carbocycles. The summed E-state index contributed by atoms with van der Waals surface area (Å²) in [5.74, 6) is -0.284. The van der Waals surface area contributed by atoms with Crippen LogP contribution in [-0.2, 0) is 14.3 Å². The highest BCUT2D eigenvalue weighted by molar-refractivity contribution is 6.07. The van der Waals surface area contributed by atoms with E-state index in [1.165, 1.54) is 0 Å². The minimum Gasteiger partial charge on any atom is -0.383 e. The van der Waals surface area contributed by atoms with E-state index in [0.717, 1.165) is 0 Å². The zero-order valence-electron chi connectivity index (χ0n) is 11.5. The molecule has 0 aliphatic carbocycles. The van der Waals surface area contributed by atoms with E-state index in [-0.39, 0.29) is 18.4 Å². The van der Waals surface area contributed by atoms with Crippen LogP contribution in [0.5, 0.6) is 0 Å². The molecule has 20 heavy (non-hydrogen) atoms. The molecule has 0 radical (unpaired) electrons. The summed E-state index contributed by atoms with van der Waals surface area (Å²) in [5, 5.41) is 7.91. The van der Waals surface area contributed by atoms with Crippen LogP contribution in [-0.4, -0.2) is 68.2 Å². The third-order valence-corrected chi connectivity index (χ3v) is 3.74. The standard InChI is InChI=1S/C12H20N4O4/c1-20-7-4-13-8-9(17)16-5-2-12(3-6-16)10(18)14-11(19)15-12/h13H,2-8H2,1H3,(H2,14,15,18,19). The van der Waals surface area contributed by atoms with Crippen molar-refractivity contribution in [3.05, 3.63) is 0 Å². The van der Waals surface area contributed by atoms with Gasteiger partial charge >= 0.3 is 6.03 Å². The summed E-state index contributed by atoms with van der Waals surface area (Å²) in [6.45, 7) is 2.38. The van der Waals surface area contributed by atoms with Crippen LogP contribution in [0.25, 0.3) is 0 Å². The average Bonchev–Trinajstić information content (AvgIpc) is 2.70. The largest absolute Gasteiger partial charge is 0.383 e. The Labute approximate surface area is 117 Å². The molecule has 2 fully saturated rings. The number of methoxy groups -OCH3 is 1. The number of hydrogen-bond acceptors (Lipinski definition) is 5. The molecule has 2 heterocycles. The summed E-state index contributed by atoms with van der Waals surface area (Å²) in [6, 6.07) is -0.448.